The number of nitrogens with zero attached hydrogens (tertiary/aromatic N) is 4. The maximum Gasteiger partial charge on any atom is 0.270 e. The van der Waals surface area contributed by atoms with Gasteiger partial charge in [-0.3, -0.25) is 33.6 Å². The zero-order valence-corrected chi connectivity index (χ0v) is 48.4. The lowest BCUT2D eigenvalue weighted by molar-refractivity contribution is -0.135. The summed E-state index contributed by atoms with van der Waals surface area (Å²) in [6.07, 6.45) is 7.37. The summed E-state index contributed by atoms with van der Waals surface area (Å²) in [5, 5.41) is 11.0. The van der Waals surface area contributed by atoms with Crippen molar-refractivity contribution in [2.24, 2.45) is 5.73 Å². The van der Waals surface area contributed by atoms with Gasteiger partial charge in [0.2, 0.25) is 17.7 Å². The molecule has 4 aromatic carbocycles. The van der Waals surface area contributed by atoms with Crippen LogP contribution < -0.4 is 27.0 Å². The van der Waals surface area contributed by atoms with E-state index in [9.17, 15) is 33.6 Å². The van der Waals surface area contributed by atoms with Gasteiger partial charge in [-0.1, -0.05) is 97.8 Å². The fraction of sp³-hybridized carbons (Fsp3) is 0.462. The maximum absolute atomic E-state index is 15.4. The fourth-order valence-electron chi connectivity index (χ4n) is 12.5. The number of nitrogens with two attached hydrogens (primary N) is 1. The molecule has 20 heteroatoms. The molecule has 5 fully saturated rings. The van der Waals surface area contributed by atoms with Gasteiger partial charge < -0.3 is 46.6 Å². The van der Waals surface area contributed by atoms with Crippen molar-refractivity contribution < 1.29 is 51.1 Å². The molecule has 5 aliphatic rings. The summed E-state index contributed by atoms with van der Waals surface area (Å²) in [6.45, 7) is -0.869. The number of nitrogens with one attached hydrogen (secondary N) is 4. The summed E-state index contributed by atoms with van der Waals surface area (Å²) in [5.74, 6) is -10.4. The molecular weight excluding hydrogens is 1090 g/mol. The van der Waals surface area contributed by atoms with Crippen LogP contribution in [0.25, 0.3) is 11.1 Å². The van der Waals surface area contributed by atoms with Gasteiger partial charge in [0.05, 0.1) is 55.5 Å². The molecule has 9 rings (SSSR count). The van der Waals surface area contributed by atoms with Crippen LogP contribution in [0.5, 0.6) is 0 Å². The van der Waals surface area contributed by atoms with Gasteiger partial charge in [-0.15, -0.1) is 0 Å². The number of likely N-dealkylation sites (tertiary alicyclic amines) is 2. The largest absolute Gasteiger partial charge is 0.394 e. The van der Waals surface area contributed by atoms with Crippen molar-refractivity contribution in [3.05, 3.63) is 154 Å². The Morgan fingerprint density at radius 1 is 0.624 bits per heavy atom. The topological polar surface area (TPSA) is 207 Å². The lowest BCUT2D eigenvalue weighted by atomic mass is 9.92. The monoisotopic (exact) mass is 1170 g/mol. The third-order valence-electron chi connectivity index (χ3n) is 17.5. The lowest BCUT2D eigenvalue weighted by Gasteiger charge is -2.32. The highest BCUT2D eigenvalue weighted by atomic mass is 19.3. The highest BCUT2D eigenvalue weighted by molar-refractivity contribution is 6.00. The van der Waals surface area contributed by atoms with Crippen LogP contribution in [0.15, 0.2) is 132 Å². The predicted molar refractivity (Wildman–Crippen MR) is 314 cm³/mol. The summed E-state index contributed by atoms with van der Waals surface area (Å²) in [6, 6.07) is 29.4. The number of carbonyl (C=O) groups is 7. The number of alkyl halides is 4. The van der Waals surface area contributed by atoms with E-state index in [-0.39, 0.29) is 48.6 Å². The fourth-order valence-corrected chi connectivity index (χ4v) is 12.5. The van der Waals surface area contributed by atoms with E-state index in [1.54, 1.807) is 62.5 Å². The van der Waals surface area contributed by atoms with Crippen LogP contribution in [0.2, 0.25) is 0 Å². The first-order valence-corrected chi connectivity index (χ1v) is 29.7. The van der Waals surface area contributed by atoms with E-state index in [4.69, 9.17) is 5.73 Å². The van der Waals surface area contributed by atoms with Crippen molar-refractivity contribution in [1.82, 2.24) is 40.9 Å². The Labute approximate surface area is 494 Å². The van der Waals surface area contributed by atoms with Gasteiger partial charge in [-0.2, -0.15) is 0 Å². The Morgan fingerprint density at radius 3 is 1.68 bits per heavy atom. The molecule has 6 N–H and O–H groups in total. The van der Waals surface area contributed by atoms with Crippen molar-refractivity contribution >= 4 is 41.4 Å². The number of allylic oxidation sites excluding steroid dienone is 2. The highest BCUT2D eigenvalue weighted by Crippen LogP contribution is 2.57. The second kappa shape index (κ2) is 27.0. The molecule has 0 aromatic heterocycles. The van der Waals surface area contributed by atoms with Crippen molar-refractivity contribution in [3.8, 4) is 11.1 Å². The second-order valence-electron chi connectivity index (χ2n) is 23.4. The van der Waals surface area contributed by atoms with Crippen molar-refractivity contribution in [3.63, 3.8) is 0 Å². The Bertz CT molecular complexity index is 3150. The van der Waals surface area contributed by atoms with Gasteiger partial charge in [0.1, 0.15) is 5.70 Å². The summed E-state index contributed by atoms with van der Waals surface area (Å²) in [5.41, 5.74) is 10.3. The number of benzene rings is 4. The average Bonchev–Trinajstić information content (AvgIpc) is 1.59. The van der Waals surface area contributed by atoms with Gasteiger partial charge in [-0.05, 0) is 142 Å². The summed E-state index contributed by atoms with van der Waals surface area (Å²) in [4.78, 5) is 102. The van der Waals surface area contributed by atoms with Crippen molar-refractivity contribution in [2.45, 2.75) is 139 Å². The van der Waals surface area contributed by atoms with Crippen LogP contribution in [-0.2, 0) is 36.8 Å². The number of carbonyl (C=O) groups excluding carboxylic acids is 7. The minimum atomic E-state index is -3.26. The molecule has 2 aliphatic heterocycles. The number of halogens is 4. The zero-order valence-electron chi connectivity index (χ0n) is 48.4. The van der Waals surface area contributed by atoms with Crippen LogP contribution in [0.1, 0.15) is 122 Å². The van der Waals surface area contributed by atoms with Gasteiger partial charge in [-0.25, -0.2) is 17.6 Å². The molecule has 7 amide bonds. The first-order valence-electron chi connectivity index (χ1n) is 29.7. The smallest absolute Gasteiger partial charge is 0.270 e. The van der Waals surface area contributed by atoms with Crippen LogP contribution in [0.4, 0.5) is 17.6 Å². The molecule has 3 aliphatic carbocycles. The van der Waals surface area contributed by atoms with Crippen LogP contribution in [-0.4, -0.2) is 149 Å². The molecule has 2 unspecified atom stereocenters. The molecule has 3 saturated carbocycles. The molecule has 4 aromatic rings. The molecule has 2 heterocycles. The lowest BCUT2D eigenvalue weighted by Crippen LogP contribution is -2.50. The Hall–Kier alpha value is -7.87. The molecule has 2 saturated heterocycles. The molecule has 452 valence electrons. The summed E-state index contributed by atoms with van der Waals surface area (Å²) < 4.78 is 61.6. The van der Waals surface area contributed by atoms with E-state index >= 15 is 17.6 Å². The number of rotatable bonds is 21. The normalized spacial score (nSPS) is 20.7. The van der Waals surface area contributed by atoms with E-state index < -0.39 is 116 Å². The highest BCUT2D eigenvalue weighted by Gasteiger charge is 2.71. The summed E-state index contributed by atoms with van der Waals surface area (Å²) in [7, 11) is 1.60. The number of hydrogen-bond acceptors (Lipinski definition) is 9. The zero-order chi connectivity index (χ0) is 60.5. The third-order valence-corrected chi connectivity index (χ3v) is 17.5. The van der Waals surface area contributed by atoms with Crippen molar-refractivity contribution in [2.75, 3.05) is 52.9 Å². The third kappa shape index (κ3) is 15.2. The average molecular weight is 1170 g/mol. The number of likely N-dealkylation sites (N-methyl/N-ethyl adjacent to an activating group) is 1. The quantitative estimate of drug-likeness (QED) is 0.0409. The van der Waals surface area contributed by atoms with Crippen LogP contribution >= 0.6 is 0 Å². The molecule has 0 radical (unpaired) electrons. The molecule has 85 heavy (non-hydrogen) atoms. The maximum atomic E-state index is 15.4. The number of amides is 7. The Balaban J connectivity index is 0.821. The van der Waals surface area contributed by atoms with E-state index in [1.165, 1.54) is 14.7 Å². The van der Waals surface area contributed by atoms with Gasteiger partial charge in [0.25, 0.3) is 35.5 Å². The van der Waals surface area contributed by atoms with Crippen LogP contribution in [0.3, 0.4) is 0 Å². The number of hydrogen-bond donors (Lipinski definition) is 5. The Morgan fingerprint density at radius 2 is 1.14 bits per heavy atom. The molecule has 4 atom stereocenters. The standard InChI is InChI=1S/C65H77F4N9O7/c1-43(71-2)58(81)74-57(49-21-13-6-14-22-49)62(85)77-41-64(66,67)35-52(77)39-75(33-31-44-15-7-3-8-16-44)54(79)37-72-59(82)50-27-23-46(24-28-50)47-25-29-51(30-26-47)60(83)73-38-55(80)76(34-32-45-17-9-4-10-18-45)53-36-63(53)40-65(68,69)42-78(63)61(84)56(70)48-19-11-5-12-20-48/h3-4,7-10,15-18,23-30,43,52-53,71H,5-6,11-14,19-22,31-42,70H2,1-2H3,(H,72,82)(H,73,83)(H,74,81)/t43-,52-,53?,63?/m0/s1. The molecule has 16 nitrogen and oxygen atoms in total. The van der Waals surface area contributed by atoms with Gasteiger partial charge >= 0.3 is 0 Å². The molecule has 1 spiro atoms. The predicted octanol–water partition coefficient (Wildman–Crippen LogP) is 7.69. The van der Waals surface area contributed by atoms with E-state index in [0.29, 0.717) is 55.2 Å². The first kappa shape index (κ1) is 61.7. The second-order valence-corrected chi connectivity index (χ2v) is 23.4. The summed E-state index contributed by atoms with van der Waals surface area (Å²) >= 11 is 0. The van der Waals surface area contributed by atoms with Crippen molar-refractivity contribution in [1.29, 1.82) is 0 Å². The molecular formula is C65H77F4N9O7. The van der Waals surface area contributed by atoms with Crippen LogP contribution in [0, 0.1) is 0 Å². The SMILES string of the molecule is CN[C@@H](C)C(=O)NC(C(=O)N1CC(F)(F)C[C@H]1CN(CCc1ccccc1)C(=O)CNC(=O)c1ccc(-c2ccc(C(=O)NCC(=O)N(CCc3ccccc3)C3CC34CC(F)(F)CN4C(=O)C(N)=C3CCCCC3)cc2)cc1)=C1CCCCC1. The van der Waals surface area contributed by atoms with E-state index in [1.807, 2.05) is 60.7 Å². The van der Waals surface area contributed by atoms with Gasteiger partial charge in [0, 0.05) is 43.6 Å². The minimum Gasteiger partial charge on any atom is -0.394 e. The Kier molecular flexibility index (Phi) is 19.6. The van der Waals surface area contributed by atoms with Gasteiger partial charge in [0.15, 0.2) is 0 Å². The van der Waals surface area contributed by atoms with E-state index in [0.717, 1.165) is 60.1 Å². The first-order chi connectivity index (χ1) is 40.7. The minimum absolute atomic E-state index is 0.0177. The molecule has 0 bridgehead atoms. The van der Waals surface area contributed by atoms with E-state index in [2.05, 4.69) is 21.3 Å².